The summed E-state index contributed by atoms with van der Waals surface area (Å²) in [5.74, 6) is -1.10. The van der Waals surface area contributed by atoms with Crippen LogP contribution in [0.15, 0.2) is 12.2 Å². The van der Waals surface area contributed by atoms with Gasteiger partial charge in [-0.25, -0.2) is 0 Å². The molecule has 0 saturated carbocycles. The maximum atomic E-state index is 12.7. The molecule has 2 heterocycles. The molecule has 2 amide bonds. The molecule has 0 aromatic rings. The molecule has 2 aliphatic heterocycles. The molecule has 0 radical (unpaired) electrons. The largest absolute Gasteiger partial charge is 0.481 e. The van der Waals surface area contributed by atoms with Crippen molar-refractivity contribution in [2.24, 2.45) is 11.8 Å². The van der Waals surface area contributed by atoms with E-state index < -0.39 is 5.97 Å². The van der Waals surface area contributed by atoms with Gasteiger partial charge in [-0.2, -0.15) is 0 Å². The summed E-state index contributed by atoms with van der Waals surface area (Å²) in [5.41, 5.74) is 0. The van der Waals surface area contributed by atoms with E-state index in [1.807, 2.05) is 12.2 Å². The van der Waals surface area contributed by atoms with Gasteiger partial charge in [0.15, 0.2) is 0 Å². The highest BCUT2D eigenvalue weighted by Crippen LogP contribution is 2.45. The Bertz CT molecular complexity index is 592. The quantitative estimate of drug-likeness (QED) is 0.278. The van der Waals surface area contributed by atoms with E-state index in [0.717, 1.165) is 38.5 Å². The number of carbonyl (C=O) groups is 3. The summed E-state index contributed by atoms with van der Waals surface area (Å²) in [6.45, 7) is 2.85. The Balaban J connectivity index is 1.69. The molecule has 7 nitrogen and oxygen atoms in total. The molecule has 0 aromatic carbocycles. The monoisotopic (exact) mass is 422 g/mol. The predicted molar refractivity (Wildman–Crippen MR) is 115 cm³/mol. The average molecular weight is 423 g/mol. The summed E-state index contributed by atoms with van der Waals surface area (Å²) < 4.78 is 5.97. The van der Waals surface area contributed by atoms with Crippen LogP contribution >= 0.6 is 0 Å². The van der Waals surface area contributed by atoms with Crippen molar-refractivity contribution >= 4 is 17.8 Å². The lowest BCUT2D eigenvalue weighted by atomic mass is 9.77. The lowest BCUT2D eigenvalue weighted by molar-refractivity contribution is -0.137. The Hall–Kier alpha value is -1.89. The van der Waals surface area contributed by atoms with Crippen molar-refractivity contribution in [2.45, 2.75) is 89.8 Å². The molecule has 3 N–H and O–H groups in total. The highest BCUT2D eigenvalue weighted by atomic mass is 16.5. The number of rotatable bonds is 15. The number of allylic oxidation sites excluding steroid dienone is 2. The first-order valence-corrected chi connectivity index (χ1v) is 11.6. The Morgan fingerprint density at radius 2 is 1.77 bits per heavy atom. The average Bonchev–Trinajstić information content (AvgIpc) is 3.32. The predicted octanol–water partition coefficient (Wildman–Crippen LogP) is 3.18. The maximum absolute atomic E-state index is 12.7. The van der Waals surface area contributed by atoms with E-state index in [1.54, 1.807) is 0 Å². The third-order valence-electron chi connectivity index (χ3n) is 6.09. The molecule has 7 heteroatoms. The first kappa shape index (κ1) is 24.4. The fourth-order valence-electron chi connectivity index (χ4n) is 4.48. The molecule has 2 rings (SSSR count). The Morgan fingerprint density at radius 3 is 2.53 bits per heavy atom. The van der Waals surface area contributed by atoms with E-state index in [9.17, 15) is 14.4 Å². The van der Waals surface area contributed by atoms with Gasteiger partial charge in [0.1, 0.15) is 0 Å². The number of hydrogen-bond acceptors (Lipinski definition) is 4. The molecule has 2 saturated heterocycles. The summed E-state index contributed by atoms with van der Waals surface area (Å²) in [4.78, 5) is 35.3. The van der Waals surface area contributed by atoms with Gasteiger partial charge in [-0.1, -0.05) is 44.8 Å². The molecule has 4 atom stereocenters. The van der Waals surface area contributed by atoms with Gasteiger partial charge in [0, 0.05) is 18.9 Å². The topological polar surface area (TPSA) is 105 Å². The Labute approximate surface area is 180 Å². The van der Waals surface area contributed by atoms with Gasteiger partial charge in [0.05, 0.1) is 24.7 Å². The van der Waals surface area contributed by atoms with Crippen LogP contribution in [0.3, 0.4) is 0 Å². The molecular weight excluding hydrogens is 384 g/mol. The molecule has 2 fully saturated rings. The van der Waals surface area contributed by atoms with E-state index in [1.165, 1.54) is 19.3 Å². The summed E-state index contributed by atoms with van der Waals surface area (Å²) in [7, 11) is 0. The number of aliphatic carboxylic acids is 1. The van der Waals surface area contributed by atoms with Crippen molar-refractivity contribution in [2.75, 3.05) is 13.1 Å². The zero-order valence-corrected chi connectivity index (χ0v) is 18.2. The van der Waals surface area contributed by atoms with Crippen LogP contribution in [0, 0.1) is 11.8 Å². The van der Waals surface area contributed by atoms with Gasteiger partial charge in [-0.05, 0) is 38.5 Å². The third-order valence-corrected chi connectivity index (χ3v) is 6.09. The number of carbonyl (C=O) groups excluding carboxylic acids is 2. The third kappa shape index (κ3) is 8.09. The van der Waals surface area contributed by atoms with Crippen molar-refractivity contribution < 1.29 is 24.2 Å². The SMILES string of the molecule is CCCCCCCNC(=O)CNC(=O)C1[C@@H](C/C=C\CCCC(=O)O)[C@@H]2CC[C@H]1O2. The smallest absolute Gasteiger partial charge is 0.303 e. The molecule has 0 spiro atoms. The van der Waals surface area contributed by atoms with Crippen molar-refractivity contribution in [1.82, 2.24) is 10.6 Å². The van der Waals surface area contributed by atoms with Crippen LogP contribution in [0.4, 0.5) is 0 Å². The van der Waals surface area contributed by atoms with Crippen LogP contribution in [-0.2, 0) is 19.1 Å². The zero-order valence-electron chi connectivity index (χ0n) is 18.2. The van der Waals surface area contributed by atoms with Gasteiger partial charge in [0.2, 0.25) is 11.8 Å². The minimum atomic E-state index is -0.776. The molecule has 1 unspecified atom stereocenters. The van der Waals surface area contributed by atoms with Crippen molar-refractivity contribution in [3.05, 3.63) is 12.2 Å². The lowest BCUT2D eigenvalue weighted by Crippen LogP contribution is -2.44. The second-order valence-electron chi connectivity index (χ2n) is 8.46. The number of hydrogen-bond donors (Lipinski definition) is 3. The van der Waals surface area contributed by atoms with Crippen LogP contribution in [-0.4, -0.2) is 48.2 Å². The normalized spacial score (nSPS) is 25.0. The molecule has 30 heavy (non-hydrogen) atoms. The Kier molecular flexibility index (Phi) is 10.9. The van der Waals surface area contributed by atoms with Crippen molar-refractivity contribution in [3.8, 4) is 0 Å². The number of ether oxygens (including phenoxy) is 1. The number of nitrogens with one attached hydrogen (secondary N) is 2. The van der Waals surface area contributed by atoms with Crippen molar-refractivity contribution in [1.29, 1.82) is 0 Å². The number of carboxylic acid groups (broad SMARTS) is 1. The molecule has 2 aliphatic rings. The second kappa shape index (κ2) is 13.4. The minimum absolute atomic E-state index is 0.0133. The van der Waals surface area contributed by atoms with Gasteiger partial charge in [-0.3, -0.25) is 14.4 Å². The molecule has 0 aliphatic carbocycles. The summed E-state index contributed by atoms with van der Waals surface area (Å²) >= 11 is 0. The van der Waals surface area contributed by atoms with Gasteiger partial charge in [-0.15, -0.1) is 0 Å². The standard InChI is InChI=1S/C23H38N2O5/c1-2-3-4-7-10-15-24-20(26)16-25-23(29)22-17(18-13-14-19(22)30-18)11-8-5-6-9-12-21(27)28/h5,8,17-19,22H,2-4,6-7,9-16H2,1H3,(H,24,26)(H,25,29)(H,27,28)/b8-5-/t17-,18-,19+,22?/m0/s1. The first-order chi connectivity index (χ1) is 14.5. The van der Waals surface area contributed by atoms with Crippen LogP contribution in [0.1, 0.15) is 77.6 Å². The molecule has 2 bridgehead atoms. The summed E-state index contributed by atoms with van der Waals surface area (Å²) in [6, 6.07) is 0. The highest BCUT2D eigenvalue weighted by molar-refractivity contribution is 5.86. The van der Waals surface area contributed by atoms with E-state index in [0.29, 0.717) is 13.0 Å². The fourth-order valence-corrected chi connectivity index (χ4v) is 4.48. The maximum Gasteiger partial charge on any atom is 0.303 e. The molecule has 0 aromatic heterocycles. The number of carboxylic acids is 1. The minimum Gasteiger partial charge on any atom is -0.481 e. The van der Waals surface area contributed by atoms with Crippen LogP contribution < -0.4 is 10.6 Å². The number of unbranched alkanes of at least 4 members (excludes halogenated alkanes) is 5. The van der Waals surface area contributed by atoms with Crippen LogP contribution in [0.2, 0.25) is 0 Å². The van der Waals surface area contributed by atoms with Gasteiger partial charge < -0.3 is 20.5 Å². The van der Waals surface area contributed by atoms with E-state index in [4.69, 9.17) is 9.84 Å². The van der Waals surface area contributed by atoms with E-state index >= 15 is 0 Å². The molecular formula is C23H38N2O5. The highest BCUT2D eigenvalue weighted by Gasteiger charge is 2.51. The van der Waals surface area contributed by atoms with E-state index in [2.05, 4.69) is 17.6 Å². The summed E-state index contributed by atoms with van der Waals surface area (Å²) in [5, 5.41) is 14.4. The Morgan fingerprint density at radius 1 is 1.00 bits per heavy atom. The van der Waals surface area contributed by atoms with Gasteiger partial charge >= 0.3 is 5.97 Å². The zero-order chi connectivity index (χ0) is 21.8. The van der Waals surface area contributed by atoms with Gasteiger partial charge in [0.25, 0.3) is 0 Å². The fraction of sp³-hybridized carbons (Fsp3) is 0.783. The molecule has 170 valence electrons. The number of amides is 2. The number of fused-ring (bicyclic) bond motifs is 2. The van der Waals surface area contributed by atoms with Crippen LogP contribution in [0.5, 0.6) is 0 Å². The van der Waals surface area contributed by atoms with Crippen molar-refractivity contribution in [3.63, 3.8) is 0 Å². The second-order valence-corrected chi connectivity index (χ2v) is 8.46. The summed E-state index contributed by atoms with van der Waals surface area (Å²) in [6.07, 6.45) is 14.0. The first-order valence-electron chi connectivity index (χ1n) is 11.6. The van der Waals surface area contributed by atoms with E-state index in [-0.39, 0.29) is 48.8 Å². The van der Waals surface area contributed by atoms with Crippen LogP contribution in [0.25, 0.3) is 0 Å². The lowest BCUT2D eigenvalue weighted by Gasteiger charge is -2.26.